The predicted molar refractivity (Wildman–Crippen MR) is 89.8 cm³/mol. The minimum absolute atomic E-state index is 0.423. The van der Waals surface area contributed by atoms with Crippen molar-refractivity contribution in [2.24, 2.45) is 0 Å². The minimum Gasteiger partial charge on any atom is -0.444 e. The van der Waals surface area contributed by atoms with E-state index in [1.807, 2.05) is 39.0 Å². The molecule has 0 bridgehead atoms. The summed E-state index contributed by atoms with van der Waals surface area (Å²) in [6.07, 6.45) is 0.130. The van der Waals surface area contributed by atoms with Crippen LogP contribution in [0.25, 0.3) is 10.2 Å². The molecule has 1 heterocycles. The molecule has 116 valence electrons. The fraction of sp³-hybridized carbons (Fsp3) is 0.375. The number of rotatable bonds is 2. The molecule has 0 aliphatic heterocycles. The molecule has 2 aromatic rings. The Morgan fingerprint density at radius 3 is 2.95 bits per heavy atom. The summed E-state index contributed by atoms with van der Waals surface area (Å²) in [6.45, 7) is 5.93. The van der Waals surface area contributed by atoms with Crippen LogP contribution in [0.5, 0.6) is 0 Å². The minimum atomic E-state index is -0.486. The van der Waals surface area contributed by atoms with Gasteiger partial charge >= 0.3 is 6.09 Å². The van der Waals surface area contributed by atoms with Crippen LogP contribution in [0.15, 0.2) is 18.2 Å². The number of nitrogens with one attached hydrogen (secondary N) is 1. The van der Waals surface area contributed by atoms with Crippen molar-refractivity contribution in [2.75, 3.05) is 12.3 Å². The normalized spacial score (nSPS) is 10.9. The number of fused-ring (bicyclic) bond motifs is 1. The molecule has 0 saturated heterocycles. The second-order valence-electron chi connectivity index (χ2n) is 5.72. The van der Waals surface area contributed by atoms with Gasteiger partial charge in [-0.3, -0.25) is 0 Å². The molecule has 0 aliphatic carbocycles. The van der Waals surface area contributed by atoms with Crippen LogP contribution in [-0.4, -0.2) is 23.2 Å². The maximum Gasteiger partial charge on any atom is 0.407 e. The van der Waals surface area contributed by atoms with Gasteiger partial charge in [-0.25, -0.2) is 9.78 Å². The van der Waals surface area contributed by atoms with Gasteiger partial charge in [0.1, 0.15) is 5.60 Å². The predicted octanol–water partition coefficient (Wildman–Crippen LogP) is 3.14. The van der Waals surface area contributed by atoms with Crippen molar-refractivity contribution in [3.63, 3.8) is 0 Å². The van der Waals surface area contributed by atoms with Gasteiger partial charge in [0.05, 0.1) is 10.2 Å². The largest absolute Gasteiger partial charge is 0.444 e. The molecular formula is C16H19N3O2S. The number of thiazole rings is 1. The zero-order valence-corrected chi connectivity index (χ0v) is 13.7. The Bertz CT molecular complexity index is 735. The summed E-state index contributed by atoms with van der Waals surface area (Å²) in [7, 11) is 0. The summed E-state index contributed by atoms with van der Waals surface area (Å²) in [4.78, 5) is 15.7. The van der Waals surface area contributed by atoms with E-state index in [2.05, 4.69) is 22.1 Å². The Balaban J connectivity index is 1.84. The highest BCUT2D eigenvalue weighted by atomic mass is 32.1. The number of carbonyl (C=O) groups is 1. The molecule has 0 spiro atoms. The van der Waals surface area contributed by atoms with Crippen LogP contribution in [0.4, 0.5) is 9.93 Å². The smallest absolute Gasteiger partial charge is 0.407 e. The number of nitrogens with zero attached hydrogens (tertiary/aromatic N) is 1. The van der Waals surface area contributed by atoms with Crippen LogP contribution >= 0.6 is 11.3 Å². The van der Waals surface area contributed by atoms with Gasteiger partial charge < -0.3 is 15.8 Å². The van der Waals surface area contributed by atoms with Crippen molar-refractivity contribution >= 4 is 32.8 Å². The monoisotopic (exact) mass is 317 g/mol. The van der Waals surface area contributed by atoms with Gasteiger partial charge in [-0.05, 0) is 39.0 Å². The number of hydrogen-bond donors (Lipinski definition) is 2. The quantitative estimate of drug-likeness (QED) is 0.659. The molecule has 0 atom stereocenters. The Hall–Kier alpha value is -2.26. The average molecular weight is 317 g/mol. The molecule has 0 unspecified atom stereocenters. The van der Waals surface area contributed by atoms with Crippen LogP contribution < -0.4 is 11.1 Å². The second-order valence-corrected chi connectivity index (χ2v) is 6.78. The highest BCUT2D eigenvalue weighted by Gasteiger charge is 2.15. The van der Waals surface area contributed by atoms with E-state index in [0.717, 1.165) is 15.8 Å². The maximum atomic E-state index is 11.4. The summed E-state index contributed by atoms with van der Waals surface area (Å²) < 4.78 is 6.19. The topological polar surface area (TPSA) is 77.2 Å². The van der Waals surface area contributed by atoms with Crippen molar-refractivity contribution in [1.29, 1.82) is 0 Å². The number of amides is 1. The van der Waals surface area contributed by atoms with Gasteiger partial charge in [0.25, 0.3) is 0 Å². The first kappa shape index (κ1) is 16.1. The van der Waals surface area contributed by atoms with E-state index in [1.54, 1.807) is 0 Å². The van der Waals surface area contributed by atoms with Crippen molar-refractivity contribution < 1.29 is 9.53 Å². The van der Waals surface area contributed by atoms with Gasteiger partial charge in [-0.15, -0.1) is 0 Å². The van der Waals surface area contributed by atoms with Crippen molar-refractivity contribution in [1.82, 2.24) is 10.3 Å². The molecule has 1 amide bonds. The lowest BCUT2D eigenvalue weighted by Gasteiger charge is -2.19. The first-order valence-corrected chi connectivity index (χ1v) is 7.77. The number of nitrogens with two attached hydrogens (primary N) is 1. The molecule has 22 heavy (non-hydrogen) atoms. The SMILES string of the molecule is CC(C)(C)OC(=O)NCCC#Cc1ccc2sc(N)nc2c1. The zero-order chi connectivity index (χ0) is 16.2. The standard InChI is InChI=1S/C16H19N3O2S/c1-16(2,3)21-15(20)18-9-5-4-6-11-7-8-13-12(10-11)19-14(17)22-13/h7-8,10H,5,9H2,1-3H3,(H2,17,19)(H,18,20). The third-order valence-electron chi connectivity index (χ3n) is 2.56. The lowest BCUT2D eigenvalue weighted by molar-refractivity contribution is 0.0529. The molecule has 0 aliphatic rings. The van der Waals surface area contributed by atoms with E-state index < -0.39 is 11.7 Å². The molecule has 6 heteroatoms. The zero-order valence-electron chi connectivity index (χ0n) is 12.9. The molecule has 5 nitrogen and oxygen atoms in total. The van der Waals surface area contributed by atoms with Crippen molar-refractivity contribution in [3.8, 4) is 11.8 Å². The van der Waals surface area contributed by atoms with Gasteiger partial charge in [-0.2, -0.15) is 0 Å². The number of aromatic nitrogens is 1. The summed E-state index contributed by atoms with van der Waals surface area (Å²) in [5, 5.41) is 3.22. The maximum absolute atomic E-state index is 11.4. The molecule has 2 rings (SSSR count). The molecule has 3 N–H and O–H groups in total. The average Bonchev–Trinajstić information content (AvgIpc) is 2.75. The Morgan fingerprint density at radius 1 is 1.45 bits per heavy atom. The van der Waals surface area contributed by atoms with Crippen LogP contribution in [-0.2, 0) is 4.74 Å². The second kappa shape index (κ2) is 6.67. The van der Waals surface area contributed by atoms with Crippen LogP contribution in [0.3, 0.4) is 0 Å². The van der Waals surface area contributed by atoms with E-state index in [0.29, 0.717) is 18.1 Å². The first-order chi connectivity index (χ1) is 10.3. The number of nitrogen functional groups attached to an aromatic ring is 1. The first-order valence-electron chi connectivity index (χ1n) is 6.95. The van der Waals surface area contributed by atoms with Crippen molar-refractivity contribution in [3.05, 3.63) is 23.8 Å². The molecule has 0 radical (unpaired) electrons. The summed E-state index contributed by atoms with van der Waals surface area (Å²) in [6, 6.07) is 5.82. The highest BCUT2D eigenvalue weighted by molar-refractivity contribution is 7.22. The summed E-state index contributed by atoms with van der Waals surface area (Å²) in [5.41, 5.74) is 6.93. The van der Waals surface area contributed by atoms with Crippen LogP contribution in [0, 0.1) is 11.8 Å². The van der Waals surface area contributed by atoms with Gasteiger partial charge in [0.2, 0.25) is 0 Å². The van der Waals surface area contributed by atoms with Gasteiger partial charge in [-0.1, -0.05) is 23.2 Å². The number of ether oxygens (including phenoxy) is 1. The molecule has 0 saturated carbocycles. The number of anilines is 1. The Kier molecular flexibility index (Phi) is 4.88. The molecule has 1 aromatic carbocycles. The summed E-state index contributed by atoms with van der Waals surface area (Å²) >= 11 is 1.46. The number of benzene rings is 1. The summed E-state index contributed by atoms with van der Waals surface area (Å²) in [5.74, 6) is 6.07. The molecule has 0 fully saturated rings. The fourth-order valence-electron chi connectivity index (χ4n) is 1.73. The van der Waals surface area contributed by atoms with Gasteiger partial charge in [0, 0.05) is 18.5 Å². The van der Waals surface area contributed by atoms with E-state index in [4.69, 9.17) is 10.5 Å². The van der Waals surface area contributed by atoms with Crippen molar-refractivity contribution in [2.45, 2.75) is 32.8 Å². The highest BCUT2D eigenvalue weighted by Crippen LogP contribution is 2.24. The number of hydrogen-bond acceptors (Lipinski definition) is 5. The van der Waals surface area contributed by atoms with E-state index in [-0.39, 0.29) is 0 Å². The van der Waals surface area contributed by atoms with E-state index in [9.17, 15) is 4.79 Å². The van der Waals surface area contributed by atoms with E-state index in [1.165, 1.54) is 11.3 Å². The fourth-order valence-corrected chi connectivity index (χ4v) is 2.44. The van der Waals surface area contributed by atoms with E-state index >= 15 is 0 Å². The lowest BCUT2D eigenvalue weighted by atomic mass is 10.2. The van der Waals surface area contributed by atoms with Crippen LogP contribution in [0.1, 0.15) is 32.8 Å². The van der Waals surface area contributed by atoms with Gasteiger partial charge in [0.15, 0.2) is 5.13 Å². The van der Waals surface area contributed by atoms with Crippen LogP contribution in [0.2, 0.25) is 0 Å². The molecule has 1 aromatic heterocycles. The number of carbonyl (C=O) groups excluding carboxylic acids is 1. The third-order valence-corrected chi connectivity index (χ3v) is 3.42. The third kappa shape index (κ3) is 4.93. The Labute approximate surface area is 133 Å². The number of alkyl carbamates (subject to hydrolysis) is 1. The lowest BCUT2D eigenvalue weighted by Crippen LogP contribution is -2.32. The Morgan fingerprint density at radius 2 is 2.23 bits per heavy atom. The molecular weight excluding hydrogens is 298 g/mol.